The molecule has 0 aliphatic carbocycles. The summed E-state index contributed by atoms with van der Waals surface area (Å²) >= 11 is 6.17. The molecule has 0 radical (unpaired) electrons. The highest BCUT2D eigenvalue weighted by Gasteiger charge is 2.39. The lowest BCUT2D eigenvalue weighted by molar-refractivity contribution is -0.121. The summed E-state index contributed by atoms with van der Waals surface area (Å²) in [6.45, 7) is 0.0123. The number of rotatable bonds is 7. The summed E-state index contributed by atoms with van der Waals surface area (Å²) in [5.74, 6) is -0.404. The summed E-state index contributed by atoms with van der Waals surface area (Å²) < 4.78 is 29.2. The van der Waals surface area contributed by atoms with Crippen molar-refractivity contribution in [2.75, 3.05) is 0 Å². The molecule has 192 valence electrons. The molecule has 0 unspecified atom stereocenters. The quantitative estimate of drug-likeness (QED) is 0.318. The Hall–Kier alpha value is -3.72. The Labute approximate surface area is 226 Å². The Bertz CT molecular complexity index is 1580. The van der Waals surface area contributed by atoms with Crippen LogP contribution < -0.4 is 0 Å². The zero-order valence-electron chi connectivity index (χ0n) is 20.3. The van der Waals surface area contributed by atoms with Gasteiger partial charge in [0.2, 0.25) is 10.0 Å². The van der Waals surface area contributed by atoms with Gasteiger partial charge in [0.15, 0.2) is 11.6 Å². The number of halogens is 1. The monoisotopic (exact) mass is 545 g/mol. The highest BCUT2D eigenvalue weighted by Crippen LogP contribution is 2.30. The summed E-state index contributed by atoms with van der Waals surface area (Å²) in [7, 11) is -4.11. The Morgan fingerprint density at radius 2 is 1.58 bits per heavy atom. The van der Waals surface area contributed by atoms with Gasteiger partial charge in [-0.3, -0.25) is 19.6 Å². The number of sulfonamides is 1. The van der Waals surface area contributed by atoms with Crippen molar-refractivity contribution in [1.29, 1.82) is 0 Å². The van der Waals surface area contributed by atoms with Crippen LogP contribution in [0.3, 0.4) is 0 Å². The number of benzene rings is 2. The van der Waals surface area contributed by atoms with Gasteiger partial charge in [0.25, 0.3) is 0 Å². The van der Waals surface area contributed by atoms with E-state index in [-0.39, 0.29) is 42.3 Å². The van der Waals surface area contributed by atoms with Crippen LogP contribution in [0.25, 0.3) is 0 Å². The van der Waals surface area contributed by atoms with E-state index in [2.05, 4.69) is 9.97 Å². The smallest absolute Gasteiger partial charge is 0.244 e. The van der Waals surface area contributed by atoms with E-state index in [0.717, 1.165) is 5.56 Å². The third-order valence-electron chi connectivity index (χ3n) is 6.56. The minimum Gasteiger partial charge on any atom is -0.298 e. The molecule has 0 fully saturated rings. The fourth-order valence-electron chi connectivity index (χ4n) is 4.56. The third-order valence-corrected chi connectivity index (χ3v) is 8.66. The van der Waals surface area contributed by atoms with Crippen LogP contribution in [0.1, 0.15) is 32.9 Å². The second kappa shape index (κ2) is 10.9. The summed E-state index contributed by atoms with van der Waals surface area (Å²) in [5.41, 5.74) is 3.06. The molecule has 0 amide bonds. The molecule has 0 spiro atoms. The van der Waals surface area contributed by atoms with E-state index in [1.807, 2.05) is 0 Å². The zero-order chi connectivity index (χ0) is 26.7. The molecule has 38 heavy (non-hydrogen) atoms. The fraction of sp³-hybridized carbons (Fsp3) is 0.172. The van der Waals surface area contributed by atoms with Crippen molar-refractivity contribution in [3.8, 4) is 0 Å². The van der Waals surface area contributed by atoms with E-state index in [4.69, 9.17) is 11.6 Å². The minimum absolute atomic E-state index is 0.00289. The molecule has 0 N–H and O–H groups in total. The second-order valence-electron chi connectivity index (χ2n) is 9.09. The topological polar surface area (TPSA) is 97.3 Å². The lowest BCUT2D eigenvalue weighted by Gasteiger charge is -2.28. The van der Waals surface area contributed by atoms with E-state index in [9.17, 15) is 18.0 Å². The maximum Gasteiger partial charge on any atom is 0.244 e. The number of pyridine rings is 2. The molecule has 9 heteroatoms. The lowest BCUT2D eigenvalue weighted by atomic mass is 10.00. The SMILES string of the molecule is O=C(Cc1ccccn1)c1ccc(S(=O)(=O)N2Cc3ccc(Cl)cc3CC(=O)[C@@H]2Cc2ccccn2)cc1. The van der Waals surface area contributed by atoms with Crippen molar-refractivity contribution >= 4 is 33.2 Å². The average molecular weight is 546 g/mol. The molecule has 5 rings (SSSR count). The van der Waals surface area contributed by atoms with Gasteiger partial charge >= 0.3 is 0 Å². The van der Waals surface area contributed by atoms with Gasteiger partial charge in [0.05, 0.1) is 17.4 Å². The molecule has 3 heterocycles. The number of aromatic nitrogens is 2. The summed E-state index contributed by atoms with van der Waals surface area (Å²) in [6.07, 6.45) is 3.56. The number of hydrogen-bond acceptors (Lipinski definition) is 6. The van der Waals surface area contributed by atoms with Gasteiger partial charge in [0, 0.05) is 53.8 Å². The van der Waals surface area contributed by atoms with Gasteiger partial charge in [0.1, 0.15) is 0 Å². The molecular weight excluding hydrogens is 522 g/mol. The normalized spacial score (nSPS) is 16.0. The molecule has 4 aromatic rings. The van der Waals surface area contributed by atoms with Gasteiger partial charge in [-0.15, -0.1) is 0 Å². The molecule has 1 atom stereocenters. The van der Waals surface area contributed by atoms with Crippen molar-refractivity contribution in [2.24, 2.45) is 0 Å². The first-order chi connectivity index (χ1) is 18.3. The fourth-order valence-corrected chi connectivity index (χ4v) is 6.34. The van der Waals surface area contributed by atoms with Gasteiger partial charge in [-0.1, -0.05) is 41.9 Å². The van der Waals surface area contributed by atoms with Crippen LogP contribution in [0.4, 0.5) is 0 Å². The summed E-state index contributed by atoms with van der Waals surface area (Å²) in [4.78, 5) is 34.7. The number of carbonyl (C=O) groups excluding carboxylic acids is 2. The molecule has 2 aromatic heterocycles. The standard InChI is InChI=1S/C29H24ClN3O4S/c30-23-10-7-21-19-33(27(29(35)16-22(21)15-23)17-24-5-1-3-13-31-24)38(36,37)26-11-8-20(9-12-26)28(34)18-25-6-2-4-14-32-25/h1-15,27H,16-19H2/t27-/m0/s1. The predicted octanol–water partition coefficient (Wildman–Crippen LogP) is 4.48. The Balaban J connectivity index is 1.48. The van der Waals surface area contributed by atoms with Crippen LogP contribution in [0, 0.1) is 0 Å². The number of ketones is 2. The third kappa shape index (κ3) is 5.57. The van der Waals surface area contributed by atoms with Crippen LogP contribution >= 0.6 is 11.6 Å². The Kier molecular flexibility index (Phi) is 7.46. The second-order valence-corrected chi connectivity index (χ2v) is 11.4. The highest BCUT2D eigenvalue weighted by molar-refractivity contribution is 7.89. The predicted molar refractivity (Wildman–Crippen MR) is 143 cm³/mol. The van der Waals surface area contributed by atoms with E-state index < -0.39 is 16.1 Å². The van der Waals surface area contributed by atoms with Gasteiger partial charge in [-0.25, -0.2) is 8.42 Å². The van der Waals surface area contributed by atoms with Crippen LogP contribution in [-0.2, 0) is 40.6 Å². The molecule has 1 aliphatic rings. The number of hydrogen-bond donors (Lipinski definition) is 0. The summed E-state index contributed by atoms with van der Waals surface area (Å²) in [5, 5.41) is 0.486. The first kappa shape index (κ1) is 25.9. The van der Waals surface area contributed by atoms with Gasteiger partial charge < -0.3 is 0 Å². The maximum absolute atomic E-state index is 14.0. The van der Waals surface area contributed by atoms with Crippen LogP contribution in [0.2, 0.25) is 5.02 Å². The minimum atomic E-state index is -4.11. The van der Waals surface area contributed by atoms with Gasteiger partial charge in [-0.2, -0.15) is 4.31 Å². The van der Waals surface area contributed by atoms with Crippen molar-refractivity contribution < 1.29 is 18.0 Å². The Morgan fingerprint density at radius 1 is 0.895 bits per heavy atom. The van der Waals surface area contributed by atoms with Crippen LogP contribution in [0.5, 0.6) is 0 Å². The number of Topliss-reactive ketones (excluding diaryl/α,β-unsaturated/α-hetero) is 2. The first-order valence-electron chi connectivity index (χ1n) is 12.1. The van der Waals surface area contributed by atoms with Crippen molar-refractivity contribution in [3.05, 3.63) is 124 Å². The van der Waals surface area contributed by atoms with Crippen LogP contribution in [0.15, 0.2) is 96.2 Å². The van der Waals surface area contributed by atoms with Crippen molar-refractivity contribution in [2.45, 2.75) is 36.7 Å². The van der Waals surface area contributed by atoms with Gasteiger partial charge in [-0.05, 0) is 59.7 Å². The van der Waals surface area contributed by atoms with E-state index in [1.54, 1.807) is 67.0 Å². The first-order valence-corrected chi connectivity index (χ1v) is 13.9. The van der Waals surface area contributed by atoms with E-state index in [0.29, 0.717) is 27.5 Å². The van der Waals surface area contributed by atoms with Crippen molar-refractivity contribution in [3.63, 3.8) is 0 Å². The Morgan fingerprint density at radius 3 is 2.24 bits per heavy atom. The molecule has 2 aromatic carbocycles. The lowest BCUT2D eigenvalue weighted by Crippen LogP contribution is -2.45. The molecule has 0 bridgehead atoms. The van der Waals surface area contributed by atoms with E-state index >= 15 is 0 Å². The highest BCUT2D eigenvalue weighted by atomic mass is 35.5. The zero-order valence-corrected chi connectivity index (χ0v) is 21.9. The molecule has 1 aliphatic heterocycles. The molecule has 7 nitrogen and oxygen atoms in total. The molecule has 0 saturated heterocycles. The van der Waals surface area contributed by atoms with Crippen LogP contribution in [-0.4, -0.2) is 40.3 Å². The number of nitrogens with zero attached hydrogens (tertiary/aromatic N) is 3. The summed E-state index contributed by atoms with van der Waals surface area (Å²) in [6, 6.07) is 20.7. The molecule has 0 saturated carbocycles. The number of carbonyl (C=O) groups is 2. The molecular formula is C29H24ClN3O4S. The number of fused-ring (bicyclic) bond motifs is 1. The average Bonchev–Trinajstić information content (AvgIpc) is 3.06. The van der Waals surface area contributed by atoms with E-state index in [1.165, 1.54) is 28.6 Å². The largest absolute Gasteiger partial charge is 0.298 e. The maximum atomic E-state index is 14.0. The van der Waals surface area contributed by atoms with Crippen molar-refractivity contribution in [1.82, 2.24) is 14.3 Å².